The molecule has 2 aliphatic rings. The van der Waals surface area contributed by atoms with E-state index in [9.17, 15) is 13.2 Å². The van der Waals surface area contributed by atoms with Gasteiger partial charge in [-0.1, -0.05) is 0 Å². The number of nitrogens with zero attached hydrogens (tertiary/aromatic N) is 1. The highest BCUT2D eigenvalue weighted by molar-refractivity contribution is 7.91. The van der Waals surface area contributed by atoms with Gasteiger partial charge in [0.25, 0.3) is 0 Å². The van der Waals surface area contributed by atoms with Crippen molar-refractivity contribution in [3.63, 3.8) is 0 Å². The van der Waals surface area contributed by atoms with Crippen LogP contribution >= 0.6 is 0 Å². The van der Waals surface area contributed by atoms with E-state index in [4.69, 9.17) is 0 Å². The van der Waals surface area contributed by atoms with Gasteiger partial charge < -0.3 is 10.2 Å². The minimum Gasteiger partial charge on any atom is -0.368 e. The van der Waals surface area contributed by atoms with Crippen LogP contribution in [0.25, 0.3) is 0 Å². The number of hydrogen-bond donors (Lipinski definition) is 1. The third-order valence-corrected chi connectivity index (χ3v) is 6.15. The fraction of sp³-hybridized carbons (Fsp3) is 0.562. The van der Waals surface area contributed by atoms with E-state index in [1.54, 1.807) is 0 Å². The fourth-order valence-corrected chi connectivity index (χ4v) is 4.73. The van der Waals surface area contributed by atoms with Gasteiger partial charge in [-0.3, -0.25) is 4.79 Å². The highest BCUT2D eigenvalue weighted by Gasteiger charge is 2.32. The lowest BCUT2D eigenvalue weighted by atomic mass is 10.1. The molecule has 22 heavy (non-hydrogen) atoms. The molecule has 3 rings (SSSR count). The van der Waals surface area contributed by atoms with Crippen LogP contribution in [0, 0.1) is 5.92 Å². The molecule has 1 unspecified atom stereocenters. The van der Waals surface area contributed by atoms with Crippen LogP contribution in [0.2, 0.25) is 0 Å². The van der Waals surface area contributed by atoms with Gasteiger partial charge in [0.2, 0.25) is 5.91 Å². The third kappa shape index (κ3) is 3.43. The number of rotatable bonds is 5. The lowest BCUT2D eigenvalue weighted by Gasteiger charge is -2.29. The summed E-state index contributed by atoms with van der Waals surface area (Å²) in [6, 6.07) is 7.75. The quantitative estimate of drug-likeness (QED) is 0.901. The van der Waals surface area contributed by atoms with Gasteiger partial charge in [-0.25, -0.2) is 8.42 Å². The molecule has 1 aromatic rings. The molecular formula is C16H22N2O3S. The number of amides is 1. The molecule has 6 heteroatoms. The van der Waals surface area contributed by atoms with Crippen LogP contribution in [-0.2, 0) is 14.6 Å². The van der Waals surface area contributed by atoms with Gasteiger partial charge in [-0.2, -0.15) is 0 Å². The first-order valence-electron chi connectivity index (χ1n) is 7.86. The van der Waals surface area contributed by atoms with E-state index >= 15 is 0 Å². The number of nitrogens with one attached hydrogen (secondary N) is 1. The molecule has 1 saturated heterocycles. The Hall–Kier alpha value is -1.56. The molecule has 1 amide bonds. The molecule has 5 nitrogen and oxygen atoms in total. The van der Waals surface area contributed by atoms with Crippen LogP contribution in [0.15, 0.2) is 24.3 Å². The second-order valence-corrected chi connectivity index (χ2v) is 8.38. The van der Waals surface area contributed by atoms with E-state index in [1.807, 2.05) is 31.2 Å². The number of benzene rings is 1. The van der Waals surface area contributed by atoms with Gasteiger partial charge >= 0.3 is 0 Å². The molecular weight excluding hydrogens is 300 g/mol. The Bertz CT molecular complexity index is 650. The van der Waals surface area contributed by atoms with Gasteiger partial charge in [0, 0.05) is 29.9 Å². The zero-order valence-electron chi connectivity index (χ0n) is 12.8. The maximum Gasteiger partial charge on any atom is 0.227 e. The lowest BCUT2D eigenvalue weighted by Crippen LogP contribution is -2.36. The van der Waals surface area contributed by atoms with E-state index in [1.165, 1.54) is 0 Å². The number of carbonyl (C=O) groups excluding carboxylic acids is 1. The van der Waals surface area contributed by atoms with Gasteiger partial charge in [0.15, 0.2) is 9.84 Å². The summed E-state index contributed by atoms with van der Waals surface area (Å²) in [5.74, 6) is 0.808. The summed E-state index contributed by atoms with van der Waals surface area (Å²) >= 11 is 0. The Morgan fingerprint density at radius 2 is 1.91 bits per heavy atom. The minimum absolute atomic E-state index is 0.0573. The van der Waals surface area contributed by atoms with Crippen molar-refractivity contribution < 1.29 is 13.2 Å². The van der Waals surface area contributed by atoms with Gasteiger partial charge in [0.1, 0.15) is 0 Å². The Balaban J connectivity index is 1.68. The zero-order chi connectivity index (χ0) is 15.7. The normalized spacial score (nSPS) is 23.2. The van der Waals surface area contributed by atoms with E-state index in [-0.39, 0.29) is 29.4 Å². The molecule has 0 spiro atoms. The van der Waals surface area contributed by atoms with Crippen molar-refractivity contribution in [2.75, 3.05) is 28.3 Å². The van der Waals surface area contributed by atoms with Crippen molar-refractivity contribution in [2.24, 2.45) is 5.92 Å². The van der Waals surface area contributed by atoms with E-state index in [0.717, 1.165) is 30.8 Å². The summed E-state index contributed by atoms with van der Waals surface area (Å²) in [5, 5.41) is 2.92. The summed E-state index contributed by atoms with van der Waals surface area (Å²) in [7, 11) is -2.88. The maximum absolute atomic E-state index is 11.7. The standard InChI is InChI=1S/C16H22N2O3S/c1-2-18(15-9-10-22(20,21)11-15)14-7-5-13(6-8-14)17-16(19)12-3-4-12/h5-8,12,15H,2-4,9-11H2,1H3,(H,17,19). The maximum atomic E-state index is 11.7. The number of anilines is 2. The van der Waals surface area contributed by atoms with Crippen LogP contribution in [0.4, 0.5) is 11.4 Å². The molecule has 0 bridgehead atoms. The Morgan fingerprint density at radius 1 is 1.23 bits per heavy atom. The summed E-state index contributed by atoms with van der Waals surface area (Å²) in [6.45, 7) is 2.81. The monoisotopic (exact) mass is 322 g/mol. The number of carbonyl (C=O) groups is 1. The zero-order valence-corrected chi connectivity index (χ0v) is 13.6. The smallest absolute Gasteiger partial charge is 0.227 e. The Morgan fingerprint density at radius 3 is 2.41 bits per heavy atom. The molecule has 1 aliphatic heterocycles. The minimum atomic E-state index is -2.88. The Labute approximate surface area is 131 Å². The molecule has 1 aliphatic carbocycles. The van der Waals surface area contributed by atoms with Gasteiger partial charge in [-0.15, -0.1) is 0 Å². The summed E-state index contributed by atoms with van der Waals surface area (Å²) < 4.78 is 23.3. The largest absolute Gasteiger partial charge is 0.368 e. The second kappa shape index (κ2) is 5.91. The first kappa shape index (κ1) is 15.3. The summed E-state index contributed by atoms with van der Waals surface area (Å²) in [5.41, 5.74) is 1.81. The van der Waals surface area contributed by atoms with Crippen molar-refractivity contribution >= 4 is 27.1 Å². The van der Waals surface area contributed by atoms with Crippen LogP contribution in [0.3, 0.4) is 0 Å². The van der Waals surface area contributed by atoms with Crippen molar-refractivity contribution in [1.82, 2.24) is 0 Å². The van der Waals surface area contributed by atoms with Crippen molar-refractivity contribution in [3.8, 4) is 0 Å². The SMILES string of the molecule is CCN(c1ccc(NC(=O)C2CC2)cc1)C1CCS(=O)(=O)C1. The fourth-order valence-electron chi connectivity index (χ4n) is 3.00. The highest BCUT2D eigenvalue weighted by Crippen LogP contribution is 2.31. The molecule has 0 radical (unpaired) electrons. The van der Waals surface area contributed by atoms with Crippen molar-refractivity contribution in [2.45, 2.75) is 32.2 Å². The number of hydrogen-bond acceptors (Lipinski definition) is 4. The predicted octanol–water partition coefficient (Wildman–Crippen LogP) is 2.05. The van der Waals surface area contributed by atoms with Gasteiger partial charge in [-0.05, 0) is 50.5 Å². The average Bonchev–Trinajstić information content (AvgIpc) is 3.27. The third-order valence-electron chi connectivity index (χ3n) is 4.40. The molecule has 1 N–H and O–H groups in total. The molecule has 1 saturated carbocycles. The molecule has 2 fully saturated rings. The van der Waals surface area contributed by atoms with Crippen molar-refractivity contribution in [1.29, 1.82) is 0 Å². The topological polar surface area (TPSA) is 66.5 Å². The van der Waals surface area contributed by atoms with E-state index in [0.29, 0.717) is 6.42 Å². The molecule has 120 valence electrons. The van der Waals surface area contributed by atoms with Gasteiger partial charge in [0.05, 0.1) is 11.5 Å². The van der Waals surface area contributed by atoms with E-state index in [2.05, 4.69) is 10.2 Å². The highest BCUT2D eigenvalue weighted by atomic mass is 32.2. The van der Waals surface area contributed by atoms with Crippen LogP contribution in [0.1, 0.15) is 26.2 Å². The first-order chi connectivity index (χ1) is 10.5. The summed E-state index contributed by atoms with van der Waals surface area (Å²) in [4.78, 5) is 13.9. The average molecular weight is 322 g/mol. The molecule has 1 atom stereocenters. The molecule has 1 aromatic carbocycles. The first-order valence-corrected chi connectivity index (χ1v) is 9.68. The summed E-state index contributed by atoms with van der Waals surface area (Å²) in [6.07, 6.45) is 2.67. The molecule has 1 heterocycles. The Kier molecular flexibility index (Phi) is 4.12. The predicted molar refractivity (Wildman–Crippen MR) is 87.9 cm³/mol. The lowest BCUT2D eigenvalue weighted by molar-refractivity contribution is -0.117. The number of sulfone groups is 1. The van der Waals surface area contributed by atoms with Crippen LogP contribution < -0.4 is 10.2 Å². The van der Waals surface area contributed by atoms with E-state index < -0.39 is 9.84 Å². The van der Waals surface area contributed by atoms with Crippen molar-refractivity contribution in [3.05, 3.63) is 24.3 Å². The van der Waals surface area contributed by atoms with Crippen LogP contribution in [-0.4, -0.2) is 38.4 Å². The molecule has 0 aromatic heterocycles. The van der Waals surface area contributed by atoms with Crippen LogP contribution in [0.5, 0.6) is 0 Å². The second-order valence-electron chi connectivity index (χ2n) is 6.15.